The molecule has 0 atom stereocenters. The van der Waals surface area contributed by atoms with Gasteiger partial charge in [0.05, 0.1) is 5.56 Å². The van der Waals surface area contributed by atoms with Crippen LogP contribution in [-0.4, -0.2) is 11.1 Å². The Morgan fingerprint density at radius 2 is 2.06 bits per heavy atom. The normalized spacial score (nSPS) is 10.4. The van der Waals surface area contributed by atoms with Crippen molar-refractivity contribution in [3.63, 3.8) is 0 Å². The average molecular weight is 297 g/mol. The maximum atomic E-state index is 11.0. The predicted octanol–water partition coefficient (Wildman–Crippen LogP) is 4.18. The molecule has 1 N–H and O–H groups in total. The van der Waals surface area contributed by atoms with E-state index in [1.807, 2.05) is 23.8 Å². The van der Waals surface area contributed by atoms with Crippen LogP contribution in [0.4, 0.5) is 0 Å². The van der Waals surface area contributed by atoms with Gasteiger partial charge in [0.2, 0.25) is 0 Å². The summed E-state index contributed by atoms with van der Waals surface area (Å²) in [4.78, 5) is 11.0. The van der Waals surface area contributed by atoms with E-state index in [9.17, 15) is 4.79 Å². The van der Waals surface area contributed by atoms with Crippen LogP contribution in [0, 0.1) is 6.92 Å². The second-order valence-electron chi connectivity index (χ2n) is 3.42. The molecule has 0 radical (unpaired) electrons. The second-order valence-corrected chi connectivity index (χ2v) is 5.01. The highest BCUT2D eigenvalue weighted by Gasteiger charge is 2.13. The number of carboxylic acid groups (broad SMARTS) is 1. The minimum absolute atomic E-state index is 0.357. The van der Waals surface area contributed by atoms with E-state index in [1.54, 1.807) is 23.5 Å². The lowest BCUT2D eigenvalue weighted by Crippen LogP contribution is -2.00. The van der Waals surface area contributed by atoms with Gasteiger partial charge in [-0.2, -0.15) is 11.3 Å². The fourth-order valence-corrected chi connectivity index (χ4v) is 3.14. The summed E-state index contributed by atoms with van der Waals surface area (Å²) >= 11 is 5.05. The summed E-state index contributed by atoms with van der Waals surface area (Å²) < 4.78 is 1.00. The molecule has 2 rings (SSSR count). The van der Waals surface area contributed by atoms with Crippen LogP contribution in [0.25, 0.3) is 11.1 Å². The minimum Gasteiger partial charge on any atom is -0.478 e. The fourth-order valence-electron chi connectivity index (χ4n) is 1.63. The number of aromatic carboxylic acids is 1. The highest BCUT2D eigenvalue weighted by molar-refractivity contribution is 9.10. The molecule has 1 heterocycles. The zero-order valence-electron chi connectivity index (χ0n) is 8.53. The maximum absolute atomic E-state index is 11.0. The van der Waals surface area contributed by atoms with Crippen molar-refractivity contribution >= 4 is 33.2 Å². The van der Waals surface area contributed by atoms with Crippen LogP contribution in [-0.2, 0) is 0 Å². The molecule has 0 unspecified atom stereocenters. The highest BCUT2D eigenvalue weighted by Crippen LogP contribution is 2.34. The number of carbonyl (C=O) groups is 1. The van der Waals surface area contributed by atoms with Gasteiger partial charge in [0, 0.05) is 15.4 Å². The molecule has 16 heavy (non-hydrogen) atoms. The lowest BCUT2D eigenvalue weighted by molar-refractivity contribution is 0.0696. The molecule has 0 amide bonds. The van der Waals surface area contributed by atoms with E-state index < -0.39 is 5.97 Å². The van der Waals surface area contributed by atoms with Crippen molar-refractivity contribution in [1.82, 2.24) is 0 Å². The first-order chi connectivity index (χ1) is 7.61. The predicted molar refractivity (Wildman–Crippen MR) is 69.2 cm³/mol. The van der Waals surface area contributed by atoms with Crippen molar-refractivity contribution in [2.24, 2.45) is 0 Å². The van der Waals surface area contributed by atoms with Crippen molar-refractivity contribution < 1.29 is 9.90 Å². The van der Waals surface area contributed by atoms with Crippen LogP contribution in [0.1, 0.15) is 15.9 Å². The number of rotatable bonds is 2. The third-order valence-corrected chi connectivity index (χ3v) is 4.17. The highest BCUT2D eigenvalue weighted by atomic mass is 79.9. The van der Waals surface area contributed by atoms with E-state index >= 15 is 0 Å². The molecule has 2 nitrogen and oxygen atoms in total. The largest absolute Gasteiger partial charge is 0.478 e. The Balaban J connectivity index is 2.63. The van der Waals surface area contributed by atoms with Crippen molar-refractivity contribution in [1.29, 1.82) is 0 Å². The number of benzene rings is 1. The zero-order chi connectivity index (χ0) is 11.7. The van der Waals surface area contributed by atoms with Gasteiger partial charge in [0.1, 0.15) is 0 Å². The van der Waals surface area contributed by atoms with Gasteiger partial charge in [-0.1, -0.05) is 12.1 Å². The van der Waals surface area contributed by atoms with Gasteiger partial charge in [0.15, 0.2) is 0 Å². The molecule has 0 saturated heterocycles. The van der Waals surface area contributed by atoms with Crippen molar-refractivity contribution in [2.45, 2.75) is 6.92 Å². The number of carboxylic acids is 1. The van der Waals surface area contributed by atoms with Crippen molar-refractivity contribution in [2.75, 3.05) is 0 Å². The topological polar surface area (TPSA) is 37.3 Å². The lowest BCUT2D eigenvalue weighted by atomic mass is 9.98. The van der Waals surface area contributed by atoms with Crippen LogP contribution in [0.15, 0.2) is 33.4 Å². The number of halogens is 1. The molecule has 0 bridgehead atoms. The molecule has 0 fully saturated rings. The van der Waals surface area contributed by atoms with Gasteiger partial charge in [0.25, 0.3) is 0 Å². The first-order valence-electron chi connectivity index (χ1n) is 4.66. The van der Waals surface area contributed by atoms with E-state index in [0.29, 0.717) is 5.56 Å². The summed E-state index contributed by atoms with van der Waals surface area (Å²) in [5.41, 5.74) is 3.17. The van der Waals surface area contributed by atoms with Crippen molar-refractivity contribution in [3.8, 4) is 11.1 Å². The Bertz CT molecular complexity index is 546. The smallest absolute Gasteiger partial charge is 0.335 e. The molecule has 1 aromatic carbocycles. The van der Waals surface area contributed by atoms with Crippen LogP contribution in [0.5, 0.6) is 0 Å². The van der Waals surface area contributed by atoms with Gasteiger partial charge in [-0.3, -0.25) is 0 Å². The summed E-state index contributed by atoms with van der Waals surface area (Å²) in [5.74, 6) is -0.884. The molecule has 0 spiro atoms. The van der Waals surface area contributed by atoms with Gasteiger partial charge in [-0.05, 0) is 45.4 Å². The Morgan fingerprint density at radius 3 is 2.62 bits per heavy atom. The standard InChI is InChI=1S/C12H9BrO2S/c1-7-8(10-5-16-6-11(10)13)3-2-4-9(7)12(14)15/h2-6H,1H3,(H,14,15). The zero-order valence-corrected chi connectivity index (χ0v) is 10.9. The molecule has 2 aromatic rings. The maximum Gasteiger partial charge on any atom is 0.335 e. The van der Waals surface area contributed by atoms with Crippen LogP contribution in [0.2, 0.25) is 0 Å². The molecule has 0 saturated carbocycles. The third kappa shape index (κ3) is 1.90. The lowest BCUT2D eigenvalue weighted by Gasteiger charge is -2.07. The van der Waals surface area contributed by atoms with E-state index in [1.165, 1.54) is 0 Å². The quantitative estimate of drug-likeness (QED) is 0.902. The second kappa shape index (κ2) is 4.39. The third-order valence-electron chi connectivity index (χ3n) is 2.47. The fraction of sp³-hybridized carbons (Fsp3) is 0.0833. The minimum atomic E-state index is -0.884. The number of hydrogen-bond acceptors (Lipinski definition) is 2. The molecule has 4 heteroatoms. The number of hydrogen-bond donors (Lipinski definition) is 1. The summed E-state index contributed by atoms with van der Waals surface area (Å²) in [6, 6.07) is 5.34. The molecule has 1 aromatic heterocycles. The first-order valence-corrected chi connectivity index (χ1v) is 6.40. The van der Waals surface area contributed by atoms with Crippen molar-refractivity contribution in [3.05, 3.63) is 44.6 Å². The summed E-state index contributed by atoms with van der Waals surface area (Å²) in [5, 5.41) is 13.0. The van der Waals surface area contributed by atoms with Crippen LogP contribution < -0.4 is 0 Å². The Labute approximate surface area is 106 Å². The van der Waals surface area contributed by atoms with Crippen LogP contribution >= 0.6 is 27.3 Å². The molecule has 82 valence electrons. The Hall–Kier alpha value is -1.13. The van der Waals surface area contributed by atoms with E-state index in [2.05, 4.69) is 15.9 Å². The Morgan fingerprint density at radius 1 is 1.31 bits per heavy atom. The first kappa shape index (κ1) is 11.4. The molecule has 0 aliphatic carbocycles. The van der Waals surface area contributed by atoms with Gasteiger partial charge < -0.3 is 5.11 Å². The summed E-state index contributed by atoms with van der Waals surface area (Å²) in [6.07, 6.45) is 0. The van der Waals surface area contributed by atoms with Gasteiger partial charge in [-0.15, -0.1) is 0 Å². The Kier molecular flexibility index (Phi) is 3.12. The molecule has 0 aliphatic rings. The SMILES string of the molecule is Cc1c(C(=O)O)cccc1-c1cscc1Br. The number of thiophene rings is 1. The summed E-state index contributed by atoms with van der Waals surface area (Å²) in [6.45, 7) is 1.84. The average Bonchev–Trinajstić information content (AvgIpc) is 2.64. The van der Waals surface area contributed by atoms with E-state index in [-0.39, 0.29) is 0 Å². The monoisotopic (exact) mass is 296 g/mol. The van der Waals surface area contributed by atoms with Gasteiger partial charge >= 0.3 is 5.97 Å². The summed E-state index contributed by atoms with van der Waals surface area (Å²) in [7, 11) is 0. The molecular formula is C12H9BrO2S. The molecular weight excluding hydrogens is 288 g/mol. The van der Waals surface area contributed by atoms with Crippen LogP contribution in [0.3, 0.4) is 0 Å². The van der Waals surface area contributed by atoms with E-state index in [4.69, 9.17) is 5.11 Å². The van der Waals surface area contributed by atoms with E-state index in [0.717, 1.165) is 21.2 Å². The molecule has 0 aliphatic heterocycles. The van der Waals surface area contributed by atoms with Gasteiger partial charge in [-0.25, -0.2) is 4.79 Å².